The fraction of sp³-hybridized carbons (Fsp3) is 0.111. The van der Waals surface area contributed by atoms with Crippen molar-refractivity contribution in [1.29, 1.82) is 0 Å². The first-order valence-electron chi connectivity index (χ1n) is 7.11. The van der Waals surface area contributed by atoms with E-state index in [1.807, 2.05) is 37.3 Å². The maximum atomic E-state index is 12.9. The number of aromatic nitrogens is 1. The van der Waals surface area contributed by atoms with Crippen molar-refractivity contribution in [3.05, 3.63) is 77.1 Å². The van der Waals surface area contributed by atoms with Gasteiger partial charge in [0, 0.05) is 10.9 Å². The monoisotopic (exact) mass is 327 g/mol. The van der Waals surface area contributed by atoms with Crippen LogP contribution in [0.4, 0.5) is 4.39 Å². The molecule has 0 fully saturated rings. The van der Waals surface area contributed by atoms with Gasteiger partial charge in [-0.25, -0.2) is 14.2 Å². The smallest absolute Gasteiger partial charge is 0.358 e. The first-order valence-corrected chi connectivity index (χ1v) is 7.99. The number of esters is 1. The molecular weight excluding hydrogens is 313 g/mol. The largest absolute Gasteiger partial charge is 0.453 e. The molecule has 0 aliphatic rings. The molecule has 3 rings (SSSR count). The number of thiazole rings is 1. The van der Waals surface area contributed by atoms with E-state index in [-0.39, 0.29) is 17.6 Å². The quantitative estimate of drug-likeness (QED) is 0.642. The molecule has 1 aromatic heterocycles. The lowest BCUT2D eigenvalue weighted by Crippen LogP contribution is -2.09. The molecule has 0 radical (unpaired) electrons. The van der Waals surface area contributed by atoms with Crippen LogP contribution in [-0.2, 0) is 4.74 Å². The standard InChI is InChI=1S/C18H14FNO2S/c1-12(13-5-3-2-4-6-13)22-18(21)16-11-23-17(20-16)14-7-9-15(19)10-8-14/h2-12H,1H3/t12-/m1/s1. The summed E-state index contributed by atoms with van der Waals surface area (Å²) in [5.41, 5.74) is 1.96. The van der Waals surface area contributed by atoms with Crippen molar-refractivity contribution in [1.82, 2.24) is 4.98 Å². The maximum absolute atomic E-state index is 12.9. The number of hydrogen-bond donors (Lipinski definition) is 0. The second-order valence-electron chi connectivity index (χ2n) is 5.00. The van der Waals surface area contributed by atoms with Crippen molar-refractivity contribution < 1.29 is 13.9 Å². The van der Waals surface area contributed by atoms with E-state index in [2.05, 4.69) is 4.98 Å². The maximum Gasteiger partial charge on any atom is 0.358 e. The fourth-order valence-corrected chi connectivity index (χ4v) is 2.90. The summed E-state index contributed by atoms with van der Waals surface area (Å²) in [4.78, 5) is 16.5. The zero-order valence-corrected chi connectivity index (χ0v) is 13.2. The summed E-state index contributed by atoms with van der Waals surface area (Å²) in [5.74, 6) is -0.771. The molecule has 0 N–H and O–H groups in total. The van der Waals surface area contributed by atoms with E-state index in [9.17, 15) is 9.18 Å². The minimum atomic E-state index is -0.467. The van der Waals surface area contributed by atoms with Crippen molar-refractivity contribution in [3.63, 3.8) is 0 Å². The Labute approximate surface area is 137 Å². The summed E-state index contributed by atoms with van der Waals surface area (Å²) in [6, 6.07) is 15.5. The molecule has 0 spiro atoms. The summed E-state index contributed by atoms with van der Waals surface area (Å²) >= 11 is 1.33. The summed E-state index contributed by atoms with van der Waals surface area (Å²) in [6.07, 6.45) is -0.348. The zero-order valence-electron chi connectivity index (χ0n) is 12.4. The minimum absolute atomic E-state index is 0.261. The highest BCUT2D eigenvalue weighted by Gasteiger charge is 2.17. The molecule has 3 aromatic rings. The van der Waals surface area contributed by atoms with E-state index in [1.54, 1.807) is 17.5 Å². The number of carbonyl (C=O) groups is 1. The second kappa shape index (κ2) is 6.71. The Morgan fingerprint density at radius 1 is 1.13 bits per heavy atom. The molecule has 2 aromatic carbocycles. The third-order valence-corrected chi connectivity index (χ3v) is 4.25. The average Bonchev–Trinajstić information content (AvgIpc) is 3.06. The number of rotatable bonds is 4. The van der Waals surface area contributed by atoms with Crippen molar-refractivity contribution in [3.8, 4) is 10.6 Å². The van der Waals surface area contributed by atoms with Gasteiger partial charge < -0.3 is 4.74 Å². The Morgan fingerprint density at radius 3 is 2.52 bits per heavy atom. The Bertz CT molecular complexity index is 799. The van der Waals surface area contributed by atoms with Gasteiger partial charge in [0.25, 0.3) is 0 Å². The minimum Gasteiger partial charge on any atom is -0.453 e. The number of halogens is 1. The van der Waals surface area contributed by atoms with E-state index in [0.717, 1.165) is 11.1 Å². The van der Waals surface area contributed by atoms with Crippen LogP contribution in [0, 0.1) is 5.82 Å². The lowest BCUT2D eigenvalue weighted by molar-refractivity contribution is 0.0332. The van der Waals surface area contributed by atoms with Gasteiger partial charge in [0.2, 0.25) is 0 Å². The molecule has 23 heavy (non-hydrogen) atoms. The van der Waals surface area contributed by atoms with Crippen LogP contribution < -0.4 is 0 Å². The van der Waals surface area contributed by atoms with Gasteiger partial charge in [-0.2, -0.15) is 0 Å². The third kappa shape index (κ3) is 3.63. The van der Waals surface area contributed by atoms with E-state index in [1.165, 1.54) is 23.5 Å². The molecule has 0 aliphatic carbocycles. The Kier molecular flexibility index (Phi) is 4.48. The predicted octanol–water partition coefficient (Wildman–Crippen LogP) is 4.87. The first-order chi connectivity index (χ1) is 11.1. The molecule has 0 unspecified atom stereocenters. The van der Waals surface area contributed by atoms with Gasteiger partial charge in [0.15, 0.2) is 5.69 Å². The molecule has 0 bridgehead atoms. The summed E-state index contributed by atoms with van der Waals surface area (Å²) < 4.78 is 18.4. The van der Waals surface area contributed by atoms with Gasteiger partial charge in [-0.1, -0.05) is 30.3 Å². The number of ether oxygens (including phenoxy) is 1. The topological polar surface area (TPSA) is 39.2 Å². The lowest BCUT2D eigenvalue weighted by Gasteiger charge is -2.12. The zero-order chi connectivity index (χ0) is 16.2. The van der Waals surface area contributed by atoms with Gasteiger partial charge in [0.1, 0.15) is 16.9 Å². The van der Waals surface area contributed by atoms with Crippen LogP contribution >= 0.6 is 11.3 Å². The molecule has 0 amide bonds. The fourth-order valence-electron chi connectivity index (χ4n) is 2.11. The summed E-state index contributed by atoms with van der Waals surface area (Å²) in [7, 11) is 0. The SMILES string of the molecule is C[C@@H](OC(=O)c1csc(-c2ccc(F)cc2)n1)c1ccccc1. The van der Waals surface area contributed by atoms with Crippen molar-refractivity contribution in [2.45, 2.75) is 13.0 Å². The van der Waals surface area contributed by atoms with Gasteiger partial charge in [-0.05, 0) is 36.8 Å². The Balaban J connectivity index is 1.72. The van der Waals surface area contributed by atoms with Gasteiger partial charge >= 0.3 is 5.97 Å². The van der Waals surface area contributed by atoms with E-state index >= 15 is 0 Å². The van der Waals surface area contributed by atoms with Crippen molar-refractivity contribution in [2.75, 3.05) is 0 Å². The first kappa shape index (κ1) is 15.4. The van der Waals surface area contributed by atoms with Gasteiger partial charge in [0.05, 0.1) is 0 Å². The molecule has 116 valence electrons. The van der Waals surface area contributed by atoms with E-state index < -0.39 is 5.97 Å². The Morgan fingerprint density at radius 2 is 1.83 bits per heavy atom. The highest BCUT2D eigenvalue weighted by Crippen LogP contribution is 2.25. The summed E-state index contributed by atoms with van der Waals surface area (Å²) in [5, 5.41) is 2.31. The van der Waals surface area contributed by atoms with Gasteiger partial charge in [-0.15, -0.1) is 11.3 Å². The highest BCUT2D eigenvalue weighted by atomic mass is 32.1. The molecule has 0 saturated heterocycles. The van der Waals surface area contributed by atoms with Crippen LogP contribution in [0.25, 0.3) is 10.6 Å². The molecule has 5 heteroatoms. The Hall–Kier alpha value is -2.53. The van der Waals surface area contributed by atoms with E-state index in [0.29, 0.717) is 5.01 Å². The number of nitrogens with zero attached hydrogens (tertiary/aromatic N) is 1. The lowest BCUT2D eigenvalue weighted by atomic mass is 10.1. The van der Waals surface area contributed by atoms with Crippen LogP contribution in [-0.4, -0.2) is 11.0 Å². The van der Waals surface area contributed by atoms with Crippen molar-refractivity contribution >= 4 is 17.3 Å². The highest BCUT2D eigenvalue weighted by molar-refractivity contribution is 7.13. The molecule has 1 heterocycles. The third-order valence-electron chi connectivity index (χ3n) is 3.36. The van der Waals surface area contributed by atoms with Crippen molar-refractivity contribution in [2.24, 2.45) is 0 Å². The van der Waals surface area contributed by atoms with Crippen LogP contribution in [0.15, 0.2) is 60.0 Å². The van der Waals surface area contributed by atoms with E-state index in [4.69, 9.17) is 4.74 Å². The molecule has 1 atom stereocenters. The normalized spacial score (nSPS) is 11.9. The number of carbonyl (C=O) groups excluding carboxylic acids is 1. The van der Waals surface area contributed by atoms with Gasteiger partial charge in [-0.3, -0.25) is 0 Å². The van der Waals surface area contributed by atoms with Crippen LogP contribution in [0.5, 0.6) is 0 Å². The molecule has 0 saturated carbocycles. The molecular formula is C18H14FNO2S. The number of hydrogen-bond acceptors (Lipinski definition) is 4. The second-order valence-corrected chi connectivity index (χ2v) is 5.86. The van der Waals surface area contributed by atoms with Crippen LogP contribution in [0.3, 0.4) is 0 Å². The molecule has 0 aliphatic heterocycles. The van der Waals surface area contributed by atoms with Crippen LogP contribution in [0.1, 0.15) is 29.1 Å². The predicted molar refractivity (Wildman–Crippen MR) is 87.8 cm³/mol. The average molecular weight is 327 g/mol. The number of benzene rings is 2. The van der Waals surface area contributed by atoms with Crippen LogP contribution in [0.2, 0.25) is 0 Å². The summed E-state index contributed by atoms with van der Waals surface area (Å²) in [6.45, 7) is 1.82. The molecule has 3 nitrogen and oxygen atoms in total.